The Balaban J connectivity index is 1.83. The van der Waals surface area contributed by atoms with Gasteiger partial charge in [0.05, 0.1) is 0 Å². The molecule has 0 aromatic heterocycles. The van der Waals surface area contributed by atoms with Crippen molar-refractivity contribution in [1.82, 2.24) is 10.2 Å². The molecule has 0 spiro atoms. The maximum absolute atomic E-state index is 6.22. The van der Waals surface area contributed by atoms with E-state index in [1.807, 2.05) is 18.2 Å². The highest BCUT2D eigenvalue weighted by molar-refractivity contribution is 6.33. The lowest BCUT2D eigenvalue weighted by Gasteiger charge is -2.32. The highest BCUT2D eigenvalue weighted by atomic mass is 35.5. The Bertz CT molecular complexity index is 401. The van der Waals surface area contributed by atoms with Crippen LogP contribution in [0.25, 0.3) is 0 Å². The van der Waals surface area contributed by atoms with Crippen LogP contribution in [0.4, 0.5) is 0 Å². The summed E-state index contributed by atoms with van der Waals surface area (Å²) < 4.78 is 0. The number of hydrogen-bond acceptors (Lipinski definition) is 2. The predicted octanol–water partition coefficient (Wildman–Crippen LogP) is 3.81. The summed E-state index contributed by atoms with van der Waals surface area (Å²) in [6, 6.07) is 5.71. The summed E-state index contributed by atoms with van der Waals surface area (Å²) in [6.45, 7) is 7.60. The van der Waals surface area contributed by atoms with E-state index in [-0.39, 0.29) is 0 Å². The van der Waals surface area contributed by atoms with Gasteiger partial charge in [0, 0.05) is 16.6 Å². The second kappa shape index (κ2) is 7.49. The molecule has 1 aromatic carbocycles. The van der Waals surface area contributed by atoms with Crippen molar-refractivity contribution in [3.63, 3.8) is 0 Å². The average Bonchev–Trinajstić information content (AvgIpc) is 2.42. The van der Waals surface area contributed by atoms with Gasteiger partial charge in [-0.2, -0.15) is 0 Å². The van der Waals surface area contributed by atoms with Gasteiger partial charge in [0.1, 0.15) is 0 Å². The van der Waals surface area contributed by atoms with Gasteiger partial charge < -0.3 is 5.32 Å². The molecule has 1 fully saturated rings. The number of nitrogens with zero attached hydrogens (tertiary/aromatic N) is 1. The Morgan fingerprint density at radius 1 is 1.26 bits per heavy atom. The second-order valence-electron chi connectivity index (χ2n) is 5.26. The Morgan fingerprint density at radius 2 is 2.00 bits per heavy atom. The first kappa shape index (κ1) is 15.1. The third-order valence-corrected chi connectivity index (χ3v) is 4.40. The minimum absolute atomic E-state index is 0.765. The zero-order valence-corrected chi connectivity index (χ0v) is 13.0. The van der Waals surface area contributed by atoms with Crippen LogP contribution < -0.4 is 5.32 Å². The SMILES string of the molecule is CCNCC1CCN(Cc2cc(Cl)ccc2Cl)CC1. The molecule has 1 saturated heterocycles. The highest BCUT2D eigenvalue weighted by Crippen LogP contribution is 2.24. The van der Waals surface area contributed by atoms with E-state index in [4.69, 9.17) is 23.2 Å². The largest absolute Gasteiger partial charge is 0.317 e. The first-order chi connectivity index (χ1) is 9.19. The Hall–Kier alpha value is -0.280. The van der Waals surface area contributed by atoms with E-state index in [1.54, 1.807) is 0 Å². The number of rotatable bonds is 5. The van der Waals surface area contributed by atoms with Gasteiger partial charge in [-0.15, -0.1) is 0 Å². The first-order valence-corrected chi connectivity index (χ1v) is 7.81. The Kier molecular flexibility index (Phi) is 5.96. The number of halogens is 2. The summed E-state index contributed by atoms with van der Waals surface area (Å²) in [5.41, 5.74) is 1.14. The molecule has 2 rings (SSSR count). The summed E-state index contributed by atoms with van der Waals surface area (Å²) in [6.07, 6.45) is 2.54. The van der Waals surface area contributed by atoms with Crippen molar-refractivity contribution < 1.29 is 0 Å². The van der Waals surface area contributed by atoms with Crippen LogP contribution in [-0.2, 0) is 6.54 Å². The van der Waals surface area contributed by atoms with E-state index in [0.29, 0.717) is 0 Å². The zero-order valence-electron chi connectivity index (χ0n) is 11.5. The van der Waals surface area contributed by atoms with Crippen molar-refractivity contribution in [2.75, 3.05) is 26.2 Å². The third kappa shape index (κ3) is 4.64. The molecule has 106 valence electrons. The molecule has 0 radical (unpaired) electrons. The molecule has 1 aromatic rings. The molecular formula is C15H22Cl2N2. The molecular weight excluding hydrogens is 279 g/mol. The van der Waals surface area contributed by atoms with Gasteiger partial charge in [-0.25, -0.2) is 0 Å². The van der Waals surface area contributed by atoms with Crippen LogP contribution >= 0.6 is 23.2 Å². The maximum Gasteiger partial charge on any atom is 0.0452 e. The average molecular weight is 301 g/mol. The summed E-state index contributed by atoms with van der Waals surface area (Å²) in [7, 11) is 0. The third-order valence-electron chi connectivity index (χ3n) is 3.79. The number of hydrogen-bond donors (Lipinski definition) is 1. The smallest absolute Gasteiger partial charge is 0.0452 e. The van der Waals surface area contributed by atoms with Crippen LogP contribution in [0.1, 0.15) is 25.3 Å². The van der Waals surface area contributed by atoms with E-state index >= 15 is 0 Å². The van der Waals surface area contributed by atoms with Gasteiger partial charge in [-0.1, -0.05) is 30.1 Å². The lowest BCUT2D eigenvalue weighted by Crippen LogP contribution is -2.36. The van der Waals surface area contributed by atoms with Crippen molar-refractivity contribution in [2.24, 2.45) is 5.92 Å². The van der Waals surface area contributed by atoms with Crippen LogP contribution in [0.3, 0.4) is 0 Å². The molecule has 1 N–H and O–H groups in total. The van der Waals surface area contributed by atoms with Gasteiger partial charge >= 0.3 is 0 Å². The van der Waals surface area contributed by atoms with E-state index in [2.05, 4.69) is 17.1 Å². The Labute approximate surface area is 126 Å². The quantitative estimate of drug-likeness (QED) is 0.889. The molecule has 1 aliphatic rings. The summed E-state index contributed by atoms with van der Waals surface area (Å²) >= 11 is 12.2. The number of nitrogens with one attached hydrogen (secondary N) is 1. The Morgan fingerprint density at radius 3 is 2.68 bits per heavy atom. The molecule has 0 unspecified atom stereocenters. The van der Waals surface area contributed by atoms with E-state index in [1.165, 1.54) is 12.8 Å². The van der Waals surface area contributed by atoms with E-state index < -0.39 is 0 Å². The number of likely N-dealkylation sites (tertiary alicyclic amines) is 1. The molecule has 1 aliphatic heterocycles. The fraction of sp³-hybridized carbons (Fsp3) is 0.600. The summed E-state index contributed by atoms with van der Waals surface area (Å²) in [5, 5.41) is 5.03. The van der Waals surface area contributed by atoms with E-state index in [0.717, 1.165) is 54.3 Å². The molecule has 19 heavy (non-hydrogen) atoms. The van der Waals surface area contributed by atoms with Crippen molar-refractivity contribution in [2.45, 2.75) is 26.3 Å². The lowest BCUT2D eigenvalue weighted by molar-refractivity contribution is 0.176. The van der Waals surface area contributed by atoms with Crippen LogP contribution in [-0.4, -0.2) is 31.1 Å². The fourth-order valence-electron chi connectivity index (χ4n) is 2.60. The predicted molar refractivity (Wildman–Crippen MR) is 83.0 cm³/mol. The molecule has 0 bridgehead atoms. The molecule has 4 heteroatoms. The standard InChI is InChI=1S/C15H22Cl2N2/c1-2-18-10-12-5-7-19(8-6-12)11-13-9-14(16)3-4-15(13)17/h3-4,9,12,18H,2,5-8,10-11H2,1H3. The fourth-order valence-corrected chi connectivity index (χ4v) is 2.97. The molecule has 0 saturated carbocycles. The number of piperidine rings is 1. The van der Waals surface area contributed by atoms with Crippen LogP contribution in [0, 0.1) is 5.92 Å². The molecule has 2 nitrogen and oxygen atoms in total. The second-order valence-corrected chi connectivity index (χ2v) is 6.11. The van der Waals surface area contributed by atoms with Crippen LogP contribution in [0.5, 0.6) is 0 Å². The molecule has 1 heterocycles. The molecule has 0 aliphatic carbocycles. The highest BCUT2D eigenvalue weighted by Gasteiger charge is 2.19. The monoisotopic (exact) mass is 300 g/mol. The van der Waals surface area contributed by atoms with Gasteiger partial charge in [0.15, 0.2) is 0 Å². The van der Waals surface area contributed by atoms with Crippen LogP contribution in [0.15, 0.2) is 18.2 Å². The summed E-state index contributed by atoms with van der Waals surface area (Å²) in [5.74, 6) is 0.825. The normalized spacial score (nSPS) is 17.8. The van der Waals surface area contributed by atoms with Gasteiger partial charge in [0.2, 0.25) is 0 Å². The van der Waals surface area contributed by atoms with Gasteiger partial charge in [-0.3, -0.25) is 4.90 Å². The minimum atomic E-state index is 0.765. The maximum atomic E-state index is 6.22. The van der Waals surface area contributed by atoms with Crippen molar-refractivity contribution in [3.8, 4) is 0 Å². The van der Waals surface area contributed by atoms with Gasteiger partial charge in [-0.05, 0) is 68.7 Å². The topological polar surface area (TPSA) is 15.3 Å². The molecule has 0 amide bonds. The first-order valence-electron chi connectivity index (χ1n) is 7.06. The zero-order chi connectivity index (χ0) is 13.7. The van der Waals surface area contributed by atoms with E-state index in [9.17, 15) is 0 Å². The van der Waals surface area contributed by atoms with Crippen molar-refractivity contribution in [3.05, 3.63) is 33.8 Å². The number of benzene rings is 1. The lowest BCUT2D eigenvalue weighted by atomic mass is 9.96. The van der Waals surface area contributed by atoms with Gasteiger partial charge in [0.25, 0.3) is 0 Å². The molecule has 0 atom stereocenters. The van der Waals surface area contributed by atoms with Crippen molar-refractivity contribution >= 4 is 23.2 Å². The minimum Gasteiger partial charge on any atom is -0.317 e. The van der Waals surface area contributed by atoms with Crippen molar-refractivity contribution in [1.29, 1.82) is 0 Å². The summed E-state index contributed by atoms with van der Waals surface area (Å²) in [4.78, 5) is 2.47. The van der Waals surface area contributed by atoms with Crippen LogP contribution in [0.2, 0.25) is 10.0 Å².